The van der Waals surface area contributed by atoms with Gasteiger partial charge in [0.15, 0.2) is 5.58 Å². The lowest BCUT2D eigenvalue weighted by molar-refractivity contribution is 0.489. The molecule has 0 aliphatic carbocycles. The van der Waals surface area contributed by atoms with Gasteiger partial charge in [-0.3, -0.25) is 0 Å². The fourth-order valence-electron chi connectivity index (χ4n) is 1.72. The van der Waals surface area contributed by atoms with Crippen LogP contribution in [0.15, 0.2) is 52.2 Å². The van der Waals surface area contributed by atoms with Gasteiger partial charge in [0.2, 0.25) is 0 Å². The van der Waals surface area contributed by atoms with E-state index in [2.05, 4.69) is 21.4 Å². The van der Waals surface area contributed by atoms with Crippen LogP contribution in [0.4, 0.5) is 5.82 Å². The van der Waals surface area contributed by atoms with Crippen molar-refractivity contribution in [2.75, 3.05) is 12.4 Å². The number of hydrogen-bond donors (Lipinski definition) is 1. The van der Waals surface area contributed by atoms with Crippen molar-refractivity contribution in [3.05, 3.63) is 48.2 Å². The predicted octanol–water partition coefficient (Wildman–Crippen LogP) is 3.56. The van der Waals surface area contributed by atoms with Gasteiger partial charge >= 0.3 is 0 Å². The van der Waals surface area contributed by atoms with Crippen LogP contribution in [0.3, 0.4) is 0 Å². The fourth-order valence-corrected chi connectivity index (χ4v) is 2.49. The van der Waals surface area contributed by atoms with E-state index >= 15 is 0 Å². The third-order valence-corrected chi connectivity index (χ3v) is 3.62. The second-order valence-corrected chi connectivity index (χ2v) is 4.96. The summed E-state index contributed by atoms with van der Waals surface area (Å²) < 4.78 is 5.65. The van der Waals surface area contributed by atoms with E-state index in [9.17, 15) is 0 Å². The van der Waals surface area contributed by atoms with Crippen LogP contribution >= 0.6 is 11.8 Å². The zero-order valence-corrected chi connectivity index (χ0v) is 11.3. The summed E-state index contributed by atoms with van der Waals surface area (Å²) in [6, 6.07) is 11.8. The number of pyridine rings is 1. The standard InChI is InChI=1S/C14H13N3OS/c1-15-13-7-6-10(8-16-13)9-19-14-17-11-4-2-3-5-12(11)18-14/h2-8H,9H2,1H3,(H,15,16). The Kier molecular flexibility index (Phi) is 3.37. The van der Waals surface area contributed by atoms with Crippen LogP contribution < -0.4 is 5.32 Å². The maximum atomic E-state index is 5.65. The highest BCUT2D eigenvalue weighted by Gasteiger charge is 2.06. The normalized spacial score (nSPS) is 10.8. The van der Waals surface area contributed by atoms with Crippen molar-refractivity contribution >= 4 is 28.7 Å². The van der Waals surface area contributed by atoms with Crippen LogP contribution in [-0.2, 0) is 5.75 Å². The van der Waals surface area contributed by atoms with E-state index in [0.717, 1.165) is 28.2 Å². The Balaban J connectivity index is 1.70. The average Bonchev–Trinajstić information content (AvgIpc) is 2.88. The molecule has 3 rings (SSSR count). The number of rotatable bonds is 4. The largest absolute Gasteiger partial charge is 0.431 e. The molecule has 0 bridgehead atoms. The topological polar surface area (TPSA) is 51.0 Å². The van der Waals surface area contributed by atoms with Crippen molar-refractivity contribution in [3.8, 4) is 0 Å². The Labute approximate surface area is 115 Å². The maximum absolute atomic E-state index is 5.65. The van der Waals surface area contributed by atoms with Crippen molar-refractivity contribution in [3.63, 3.8) is 0 Å². The van der Waals surface area contributed by atoms with E-state index in [0.29, 0.717) is 5.22 Å². The molecule has 1 N–H and O–H groups in total. The van der Waals surface area contributed by atoms with Crippen LogP contribution in [0, 0.1) is 0 Å². The molecular formula is C14H13N3OS. The van der Waals surface area contributed by atoms with Gasteiger partial charge in [0.25, 0.3) is 5.22 Å². The number of hydrogen-bond acceptors (Lipinski definition) is 5. The summed E-state index contributed by atoms with van der Waals surface area (Å²) in [5.41, 5.74) is 2.87. The molecule has 0 saturated heterocycles. The molecule has 0 unspecified atom stereocenters. The van der Waals surface area contributed by atoms with E-state index in [1.54, 1.807) is 11.8 Å². The first kappa shape index (κ1) is 12.0. The highest BCUT2D eigenvalue weighted by Crippen LogP contribution is 2.25. The zero-order valence-electron chi connectivity index (χ0n) is 10.5. The van der Waals surface area contributed by atoms with E-state index < -0.39 is 0 Å². The SMILES string of the molecule is CNc1ccc(CSc2nc3ccccc3o2)cn1. The van der Waals surface area contributed by atoms with Gasteiger partial charge in [0.1, 0.15) is 11.3 Å². The molecule has 0 saturated carbocycles. The van der Waals surface area contributed by atoms with E-state index in [4.69, 9.17) is 4.42 Å². The Morgan fingerprint density at radius 1 is 1.21 bits per heavy atom. The highest BCUT2D eigenvalue weighted by atomic mass is 32.2. The first-order valence-electron chi connectivity index (χ1n) is 5.96. The van der Waals surface area contributed by atoms with E-state index in [1.807, 2.05) is 43.6 Å². The number of nitrogens with zero attached hydrogens (tertiary/aromatic N) is 2. The van der Waals surface area contributed by atoms with Crippen LogP contribution in [0.2, 0.25) is 0 Å². The van der Waals surface area contributed by atoms with E-state index in [-0.39, 0.29) is 0 Å². The monoisotopic (exact) mass is 271 g/mol. The second kappa shape index (κ2) is 5.32. The number of nitrogens with one attached hydrogen (secondary N) is 1. The van der Waals surface area contributed by atoms with Gasteiger partial charge in [-0.25, -0.2) is 9.97 Å². The number of thioether (sulfide) groups is 1. The van der Waals surface area contributed by atoms with Gasteiger partial charge in [-0.1, -0.05) is 30.0 Å². The lowest BCUT2D eigenvalue weighted by atomic mass is 10.3. The molecule has 0 atom stereocenters. The molecule has 3 aromatic rings. The molecule has 2 aromatic heterocycles. The number of benzene rings is 1. The number of anilines is 1. The molecule has 2 heterocycles. The number of para-hydroxylation sites is 2. The van der Waals surface area contributed by atoms with Crippen LogP contribution in [0.1, 0.15) is 5.56 Å². The number of oxazole rings is 1. The molecule has 0 aliphatic heterocycles. The van der Waals surface area contributed by atoms with Gasteiger partial charge in [0, 0.05) is 19.0 Å². The lowest BCUT2D eigenvalue weighted by Gasteiger charge is -2.00. The van der Waals surface area contributed by atoms with Gasteiger partial charge in [-0.15, -0.1) is 0 Å². The summed E-state index contributed by atoms with van der Waals surface area (Å²) >= 11 is 1.57. The van der Waals surface area contributed by atoms with Crippen LogP contribution in [0.5, 0.6) is 0 Å². The molecule has 4 nitrogen and oxygen atoms in total. The minimum absolute atomic E-state index is 0.693. The first-order valence-corrected chi connectivity index (χ1v) is 6.95. The lowest BCUT2D eigenvalue weighted by Crippen LogP contribution is -1.92. The van der Waals surface area contributed by atoms with Crippen LogP contribution in [-0.4, -0.2) is 17.0 Å². The van der Waals surface area contributed by atoms with Gasteiger partial charge in [-0.2, -0.15) is 0 Å². The number of fused-ring (bicyclic) bond motifs is 1. The van der Waals surface area contributed by atoms with Crippen molar-refractivity contribution in [1.82, 2.24) is 9.97 Å². The van der Waals surface area contributed by atoms with Crippen molar-refractivity contribution in [2.45, 2.75) is 11.0 Å². The number of aromatic nitrogens is 2. The summed E-state index contributed by atoms with van der Waals surface area (Å²) in [6.45, 7) is 0. The molecule has 0 fully saturated rings. The van der Waals surface area contributed by atoms with E-state index in [1.165, 1.54) is 0 Å². The Morgan fingerprint density at radius 3 is 2.84 bits per heavy atom. The van der Waals surface area contributed by atoms with Crippen LogP contribution in [0.25, 0.3) is 11.1 Å². The molecule has 0 spiro atoms. The summed E-state index contributed by atoms with van der Waals surface area (Å²) in [5, 5.41) is 3.69. The van der Waals surface area contributed by atoms with Gasteiger partial charge in [-0.05, 0) is 23.8 Å². The third-order valence-electron chi connectivity index (χ3n) is 2.72. The Morgan fingerprint density at radius 2 is 2.11 bits per heavy atom. The molecule has 19 heavy (non-hydrogen) atoms. The van der Waals surface area contributed by atoms with Crippen molar-refractivity contribution in [2.24, 2.45) is 0 Å². The molecule has 0 radical (unpaired) electrons. The second-order valence-electron chi connectivity index (χ2n) is 4.04. The summed E-state index contributed by atoms with van der Waals surface area (Å²) in [5.74, 6) is 1.67. The average molecular weight is 271 g/mol. The summed E-state index contributed by atoms with van der Waals surface area (Å²) in [4.78, 5) is 8.70. The molecule has 1 aromatic carbocycles. The molecule has 0 amide bonds. The molecule has 0 aliphatic rings. The maximum Gasteiger partial charge on any atom is 0.257 e. The molecular weight excluding hydrogens is 258 g/mol. The summed E-state index contributed by atoms with van der Waals surface area (Å²) in [7, 11) is 1.86. The van der Waals surface area contributed by atoms with Crippen molar-refractivity contribution < 1.29 is 4.42 Å². The first-order chi connectivity index (χ1) is 9.35. The quantitative estimate of drug-likeness (QED) is 0.735. The van der Waals surface area contributed by atoms with Gasteiger partial charge in [0.05, 0.1) is 0 Å². The highest BCUT2D eigenvalue weighted by molar-refractivity contribution is 7.98. The fraction of sp³-hybridized carbons (Fsp3) is 0.143. The summed E-state index contributed by atoms with van der Waals surface area (Å²) in [6.07, 6.45) is 1.86. The third kappa shape index (κ3) is 2.71. The zero-order chi connectivity index (χ0) is 13.1. The predicted molar refractivity (Wildman–Crippen MR) is 77.4 cm³/mol. The smallest absolute Gasteiger partial charge is 0.257 e. The molecule has 96 valence electrons. The van der Waals surface area contributed by atoms with Gasteiger partial charge < -0.3 is 9.73 Å². The van der Waals surface area contributed by atoms with Crippen molar-refractivity contribution in [1.29, 1.82) is 0 Å². The Bertz CT molecular complexity index is 645. The molecule has 5 heteroatoms. The Hall–Kier alpha value is -2.01. The minimum atomic E-state index is 0.693. The minimum Gasteiger partial charge on any atom is -0.431 e.